The van der Waals surface area contributed by atoms with Crippen LogP contribution in [0.15, 0.2) is 0 Å². The van der Waals surface area contributed by atoms with Crippen molar-refractivity contribution in [1.29, 1.82) is 0 Å². The van der Waals surface area contributed by atoms with E-state index < -0.39 is 17.8 Å². The van der Waals surface area contributed by atoms with Crippen molar-refractivity contribution in [3.63, 3.8) is 0 Å². The Balaban J connectivity index is 2.08. The van der Waals surface area contributed by atoms with E-state index >= 15 is 0 Å². The quantitative estimate of drug-likeness (QED) is 0.354. The number of rotatable bonds is 8. The van der Waals surface area contributed by atoms with E-state index in [0.717, 1.165) is 11.3 Å². The molecule has 0 atom stereocenters. The molecule has 0 saturated carbocycles. The summed E-state index contributed by atoms with van der Waals surface area (Å²) in [5.41, 5.74) is 0. The molecule has 1 rings (SSSR count). The maximum Gasteiger partial charge on any atom is 0.331 e. The van der Waals surface area contributed by atoms with Gasteiger partial charge in [0.2, 0.25) is 0 Å². The van der Waals surface area contributed by atoms with Gasteiger partial charge in [-0.15, -0.1) is 0 Å². The van der Waals surface area contributed by atoms with E-state index in [2.05, 4.69) is 0 Å². The first kappa shape index (κ1) is 13.6. The van der Waals surface area contributed by atoms with Gasteiger partial charge >= 0.3 is 17.8 Å². The summed E-state index contributed by atoms with van der Waals surface area (Å²) in [7, 11) is 1.60. The summed E-state index contributed by atoms with van der Waals surface area (Å²) in [4.78, 5) is 34.0. The molecule has 0 aromatic carbocycles. The number of hydrogen-bond donors (Lipinski definition) is 1. The number of carbonyl (C=O) groups is 3. The van der Waals surface area contributed by atoms with Crippen LogP contribution in [-0.4, -0.2) is 56.2 Å². The van der Waals surface area contributed by atoms with E-state index in [-0.39, 0.29) is 6.54 Å². The molecule has 96 valence electrons. The zero-order valence-electron chi connectivity index (χ0n) is 9.73. The number of nitrogens with zero attached hydrogens (tertiary/aromatic N) is 1. The molecule has 1 fully saturated rings. The number of hydrogen-bond acceptors (Lipinski definition) is 5. The molecule has 0 radical (unpaired) electrons. The van der Waals surface area contributed by atoms with Gasteiger partial charge in [-0.25, -0.2) is 4.79 Å². The van der Waals surface area contributed by atoms with Gasteiger partial charge in [0.1, 0.15) is 0 Å². The fourth-order valence-electron chi connectivity index (χ4n) is 1.35. The van der Waals surface area contributed by atoms with Crippen molar-refractivity contribution < 1.29 is 23.9 Å². The summed E-state index contributed by atoms with van der Waals surface area (Å²) in [6, 6.07) is -0.639. The van der Waals surface area contributed by atoms with Crippen LogP contribution in [0.1, 0.15) is 12.8 Å². The smallest absolute Gasteiger partial charge is 0.331 e. The summed E-state index contributed by atoms with van der Waals surface area (Å²) in [6.07, 6.45) is 1.33. The van der Waals surface area contributed by atoms with Gasteiger partial charge in [0.05, 0.1) is 13.2 Å². The van der Waals surface area contributed by atoms with Gasteiger partial charge in [-0.05, 0) is 12.8 Å². The van der Waals surface area contributed by atoms with Gasteiger partial charge < -0.3 is 9.47 Å². The SMILES string of the molecule is COCCOCCCCN1C(=O)NC(=O)C1=O. The first-order valence-electron chi connectivity index (χ1n) is 5.40. The number of amides is 4. The Kier molecular flexibility index (Phi) is 5.58. The molecule has 1 aliphatic heterocycles. The highest BCUT2D eigenvalue weighted by Crippen LogP contribution is 2.03. The Labute approximate surface area is 99.0 Å². The first-order valence-corrected chi connectivity index (χ1v) is 5.40. The summed E-state index contributed by atoms with van der Waals surface area (Å²) in [5.74, 6) is -1.64. The van der Waals surface area contributed by atoms with E-state index in [0.29, 0.717) is 26.2 Å². The predicted octanol–water partition coefficient (Wildman–Crippen LogP) is -0.492. The van der Waals surface area contributed by atoms with Crippen molar-refractivity contribution in [2.24, 2.45) is 0 Å². The van der Waals surface area contributed by atoms with Crippen LogP contribution < -0.4 is 5.32 Å². The number of ether oxygens (including phenoxy) is 2. The lowest BCUT2D eigenvalue weighted by Gasteiger charge is -2.10. The van der Waals surface area contributed by atoms with E-state index in [1.54, 1.807) is 7.11 Å². The minimum Gasteiger partial charge on any atom is -0.382 e. The van der Waals surface area contributed by atoms with Gasteiger partial charge in [0.15, 0.2) is 0 Å². The standard InChI is InChI=1S/C10H16N2O5/c1-16-6-7-17-5-3-2-4-12-9(14)8(13)11-10(12)15/h2-7H2,1H3,(H,11,13,15). The highest BCUT2D eigenvalue weighted by atomic mass is 16.5. The molecule has 0 spiro atoms. The van der Waals surface area contributed by atoms with Crippen LogP contribution in [0.5, 0.6) is 0 Å². The zero-order chi connectivity index (χ0) is 12.7. The van der Waals surface area contributed by atoms with Crippen LogP contribution in [0.4, 0.5) is 4.79 Å². The molecule has 17 heavy (non-hydrogen) atoms. The highest BCUT2D eigenvalue weighted by Gasteiger charge is 2.35. The Hall–Kier alpha value is -1.47. The second-order valence-corrected chi connectivity index (χ2v) is 3.53. The number of carbonyl (C=O) groups excluding carboxylic acids is 3. The van der Waals surface area contributed by atoms with Gasteiger partial charge in [0.25, 0.3) is 0 Å². The topological polar surface area (TPSA) is 84.9 Å². The summed E-state index contributed by atoms with van der Waals surface area (Å²) in [6.45, 7) is 1.85. The molecule has 4 amide bonds. The molecule has 0 unspecified atom stereocenters. The van der Waals surface area contributed by atoms with Crippen molar-refractivity contribution in [3.8, 4) is 0 Å². The monoisotopic (exact) mass is 244 g/mol. The van der Waals surface area contributed by atoms with Gasteiger partial charge in [-0.1, -0.05) is 0 Å². The van der Waals surface area contributed by atoms with Crippen molar-refractivity contribution in [2.45, 2.75) is 12.8 Å². The number of nitrogens with one attached hydrogen (secondary N) is 1. The molecule has 1 saturated heterocycles. The number of methoxy groups -OCH3 is 1. The van der Waals surface area contributed by atoms with Crippen LogP contribution in [0.3, 0.4) is 0 Å². The Morgan fingerprint density at radius 3 is 2.47 bits per heavy atom. The van der Waals surface area contributed by atoms with Crippen LogP contribution in [0.25, 0.3) is 0 Å². The molecule has 1 aliphatic rings. The summed E-state index contributed by atoms with van der Waals surface area (Å²) >= 11 is 0. The molecule has 1 N–H and O–H groups in total. The summed E-state index contributed by atoms with van der Waals surface area (Å²) < 4.78 is 10.0. The third kappa shape index (κ3) is 4.12. The zero-order valence-corrected chi connectivity index (χ0v) is 9.73. The molecule has 0 bridgehead atoms. The number of imide groups is 2. The summed E-state index contributed by atoms with van der Waals surface area (Å²) in [5, 5.41) is 1.94. The van der Waals surface area contributed by atoms with Crippen LogP contribution in [0, 0.1) is 0 Å². The highest BCUT2D eigenvalue weighted by molar-refractivity contribution is 6.44. The Morgan fingerprint density at radius 1 is 1.12 bits per heavy atom. The minimum absolute atomic E-state index is 0.240. The van der Waals surface area contributed by atoms with Crippen molar-refractivity contribution in [2.75, 3.05) is 33.5 Å². The van der Waals surface area contributed by atoms with Gasteiger partial charge in [-0.2, -0.15) is 0 Å². The number of urea groups is 1. The molecule has 1 heterocycles. The number of unbranched alkanes of at least 4 members (excludes halogenated alkanes) is 1. The second kappa shape index (κ2) is 6.97. The molecule has 7 nitrogen and oxygen atoms in total. The van der Waals surface area contributed by atoms with Crippen LogP contribution >= 0.6 is 0 Å². The fraction of sp³-hybridized carbons (Fsp3) is 0.700. The van der Waals surface area contributed by atoms with E-state index in [1.165, 1.54) is 0 Å². The predicted molar refractivity (Wildman–Crippen MR) is 57.2 cm³/mol. The molecule has 0 aliphatic carbocycles. The fourth-order valence-corrected chi connectivity index (χ4v) is 1.35. The van der Waals surface area contributed by atoms with Crippen molar-refractivity contribution in [1.82, 2.24) is 10.2 Å². The van der Waals surface area contributed by atoms with Crippen LogP contribution in [-0.2, 0) is 19.1 Å². The largest absolute Gasteiger partial charge is 0.382 e. The van der Waals surface area contributed by atoms with Crippen molar-refractivity contribution in [3.05, 3.63) is 0 Å². The van der Waals surface area contributed by atoms with Gasteiger partial charge in [-0.3, -0.25) is 19.8 Å². The molecule has 0 aromatic heterocycles. The van der Waals surface area contributed by atoms with Gasteiger partial charge in [0, 0.05) is 20.3 Å². The average molecular weight is 244 g/mol. The Bertz CT molecular complexity index is 305. The van der Waals surface area contributed by atoms with E-state index in [1.807, 2.05) is 5.32 Å². The first-order chi connectivity index (χ1) is 8.16. The average Bonchev–Trinajstić information content (AvgIpc) is 2.54. The molecular formula is C10H16N2O5. The lowest BCUT2D eigenvalue weighted by Crippen LogP contribution is -2.32. The third-order valence-electron chi connectivity index (χ3n) is 2.26. The maximum absolute atomic E-state index is 11.2. The molecule has 7 heteroatoms. The lowest BCUT2D eigenvalue weighted by molar-refractivity contribution is -0.140. The maximum atomic E-state index is 11.2. The second-order valence-electron chi connectivity index (χ2n) is 3.53. The molecular weight excluding hydrogens is 228 g/mol. The van der Waals surface area contributed by atoms with Crippen LogP contribution in [0.2, 0.25) is 0 Å². The minimum atomic E-state index is -0.855. The van der Waals surface area contributed by atoms with E-state index in [4.69, 9.17) is 9.47 Å². The Morgan fingerprint density at radius 2 is 1.88 bits per heavy atom. The van der Waals surface area contributed by atoms with E-state index in [9.17, 15) is 14.4 Å². The third-order valence-corrected chi connectivity index (χ3v) is 2.26. The lowest BCUT2D eigenvalue weighted by atomic mass is 10.3. The molecule has 0 aromatic rings. The normalized spacial score (nSPS) is 15.6. The van der Waals surface area contributed by atoms with Crippen molar-refractivity contribution >= 4 is 17.8 Å².